The molecule has 5 aromatic carbocycles. The minimum absolute atomic E-state index is 0. The first-order chi connectivity index (χ1) is 24.9. The van der Waals surface area contributed by atoms with Gasteiger partial charge in [0.2, 0.25) is 0 Å². The molecule has 0 amide bonds. The van der Waals surface area contributed by atoms with Gasteiger partial charge in [-0.05, 0) is 18.2 Å². The molecule has 0 spiro atoms. The topological polar surface area (TPSA) is 118 Å². The Bertz CT molecular complexity index is 2900. The number of halogens is 1. The van der Waals surface area contributed by atoms with E-state index < -0.39 is 0 Å². The molecule has 0 atom stereocenters. The molecule has 0 radical (unpaired) electrons. The number of hydrogen-bond acceptors (Lipinski definition) is 7. The maximum Gasteiger partial charge on any atom is 2.00 e. The summed E-state index contributed by atoms with van der Waals surface area (Å²) in [6.07, 6.45) is 0. The SMILES string of the molecule is C[N+](C)(C)c1ccc(Oc2cccc3c4nc5nc(nc6nc(nc7[nH]c(nc([nH]4)c23)c2ccccc72)-c2ccccc2-6)-c2ccccc2-5)cc1.I.[Zn+2]. The molecule has 0 fully saturated rings. The molecule has 8 aromatic rings. The number of benzene rings is 5. The van der Waals surface area contributed by atoms with E-state index in [0.29, 0.717) is 56.1 Å². The molecule has 5 heterocycles. The van der Waals surface area contributed by atoms with E-state index in [-0.39, 0.29) is 43.5 Å². The Morgan fingerprint density at radius 2 is 0.887 bits per heavy atom. The van der Waals surface area contributed by atoms with Gasteiger partial charge in [0.15, 0.2) is 23.3 Å². The van der Waals surface area contributed by atoms with Gasteiger partial charge in [-0.25, -0.2) is 29.9 Å². The van der Waals surface area contributed by atoms with Gasteiger partial charge < -0.3 is 14.7 Å². The van der Waals surface area contributed by atoms with Crippen LogP contribution in [0.25, 0.3) is 89.7 Å². The van der Waals surface area contributed by atoms with Crippen LogP contribution < -0.4 is 9.22 Å². The second kappa shape index (κ2) is 13.2. The molecule has 0 saturated heterocycles. The fourth-order valence-corrected chi connectivity index (χ4v) is 6.83. The summed E-state index contributed by atoms with van der Waals surface area (Å²) in [5.74, 6) is 3.57. The first kappa shape index (κ1) is 34.6. The van der Waals surface area contributed by atoms with Crippen LogP contribution in [-0.2, 0) is 19.5 Å². The summed E-state index contributed by atoms with van der Waals surface area (Å²) in [5.41, 5.74) is 7.22. The van der Waals surface area contributed by atoms with Gasteiger partial charge in [0, 0.05) is 50.5 Å². The van der Waals surface area contributed by atoms with E-state index in [2.05, 4.69) is 43.2 Å². The van der Waals surface area contributed by atoms with Gasteiger partial charge in [-0.15, -0.1) is 24.0 Å². The van der Waals surface area contributed by atoms with Crippen LogP contribution in [-0.4, -0.2) is 61.0 Å². The summed E-state index contributed by atoms with van der Waals surface area (Å²) in [4.78, 5) is 37.5. The molecule has 2 N–H and O–H groups in total. The molecule has 12 heteroatoms. The third-order valence-corrected chi connectivity index (χ3v) is 9.38. The molecule has 0 aliphatic carbocycles. The number of hydrogen-bond donors (Lipinski definition) is 2. The summed E-state index contributed by atoms with van der Waals surface area (Å²) >= 11 is 0. The Balaban J connectivity index is 0.00000200. The Morgan fingerprint density at radius 3 is 1.42 bits per heavy atom. The third-order valence-electron chi connectivity index (χ3n) is 9.38. The Hall–Kier alpha value is -5.43. The smallest absolute Gasteiger partial charge is 0.457 e. The summed E-state index contributed by atoms with van der Waals surface area (Å²) < 4.78 is 7.30. The molecule has 53 heavy (non-hydrogen) atoms. The van der Waals surface area contributed by atoms with E-state index >= 15 is 0 Å². The van der Waals surface area contributed by atoms with Crippen LogP contribution in [0, 0.1) is 0 Å². The summed E-state index contributed by atoms with van der Waals surface area (Å²) in [7, 11) is 6.42. The van der Waals surface area contributed by atoms with Crippen molar-refractivity contribution >= 4 is 73.8 Å². The monoisotopic (exact) mass is 856 g/mol. The van der Waals surface area contributed by atoms with E-state index in [1.165, 1.54) is 5.69 Å². The maximum absolute atomic E-state index is 6.59. The van der Waals surface area contributed by atoms with Crippen molar-refractivity contribution in [3.63, 3.8) is 0 Å². The van der Waals surface area contributed by atoms with Crippen LogP contribution >= 0.6 is 24.0 Å². The largest absolute Gasteiger partial charge is 2.00 e. The number of fused-ring (bicyclic) bond motifs is 20. The molecule has 10 rings (SSSR count). The van der Waals surface area contributed by atoms with Crippen molar-refractivity contribution in [2.45, 2.75) is 0 Å². The number of nitrogens with one attached hydrogen (secondary N) is 2. The molecule has 2 aliphatic heterocycles. The second-order valence-corrected chi connectivity index (χ2v) is 13.5. The van der Waals surface area contributed by atoms with Crippen molar-refractivity contribution in [2.24, 2.45) is 0 Å². The predicted octanol–water partition coefficient (Wildman–Crippen LogP) is 9.47. The fourth-order valence-electron chi connectivity index (χ4n) is 6.83. The van der Waals surface area contributed by atoms with Gasteiger partial charge in [0.1, 0.15) is 39.8 Å². The van der Waals surface area contributed by atoms with Crippen molar-refractivity contribution in [2.75, 3.05) is 21.1 Å². The van der Waals surface area contributed by atoms with Gasteiger partial charge in [-0.1, -0.05) is 84.9 Å². The van der Waals surface area contributed by atoms with Gasteiger partial charge in [-0.2, -0.15) is 0 Å². The van der Waals surface area contributed by atoms with Crippen LogP contribution in [0.15, 0.2) is 115 Å². The molecule has 2 aliphatic rings. The maximum atomic E-state index is 6.59. The summed E-state index contributed by atoms with van der Waals surface area (Å²) in [5, 5.41) is 3.48. The van der Waals surface area contributed by atoms with Crippen molar-refractivity contribution in [1.82, 2.24) is 44.4 Å². The number of aromatic amines is 2. The van der Waals surface area contributed by atoms with E-state index in [1.807, 2.05) is 103 Å². The standard InChI is InChI=1S/C41H30N9O.HI.Zn/c1-50(2,3)23-19-21-24(22-20-23)51-32-18-10-17-31-33(32)41-48-39-30-16-9-8-15-29(30)37(46-39)44-35-26-12-5-4-11-25(26)34(42-35)43-36-27-13-6-7-14-28(27)38(45-36)47-40(31)49-41;;/h4-22H,1-3H3,(H2,42,43,44,45,46,47,48,49);1H;/q+1;;+2. The number of H-pyrrole nitrogens is 2. The van der Waals surface area contributed by atoms with Crippen LogP contribution in [0.2, 0.25) is 0 Å². The van der Waals surface area contributed by atoms with Crippen molar-refractivity contribution in [3.05, 3.63) is 115 Å². The van der Waals surface area contributed by atoms with Gasteiger partial charge in [0.05, 0.1) is 26.5 Å². The van der Waals surface area contributed by atoms with Crippen LogP contribution in [0.5, 0.6) is 11.5 Å². The predicted molar refractivity (Wildman–Crippen MR) is 218 cm³/mol. The van der Waals surface area contributed by atoms with Crippen LogP contribution in [0.1, 0.15) is 0 Å². The van der Waals surface area contributed by atoms with Gasteiger partial charge >= 0.3 is 19.5 Å². The summed E-state index contributed by atoms with van der Waals surface area (Å²) in [6, 6.07) is 38.2. The molecule has 3 aromatic heterocycles. The molecule has 10 nitrogen and oxygen atoms in total. The van der Waals surface area contributed by atoms with E-state index in [1.54, 1.807) is 0 Å². The van der Waals surface area contributed by atoms with Crippen LogP contribution in [0.3, 0.4) is 0 Å². The van der Waals surface area contributed by atoms with Crippen molar-refractivity contribution in [1.29, 1.82) is 0 Å². The average Bonchev–Trinajstić information content (AvgIpc) is 3.87. The zero-order chi connectivity index (χ0) is 34.3. The zero-order valence-electron chi connectivity index (χ0n) is 29.1. The number of quaternary nitrogens is 1. The Labute approximate surface area is 333 Å². The second-order valence-electron chi connectivity index (χ2n) is 13.5. The number of ether oxygens (including phenoxy) is 1. The van der Waals surface area contributed by atoms with Crippen LogP contribution in [0.4, 0.5) is 5.69 Å². The molecular formula is C41H31IN9OZn+3. The Morgan fingerprint density at radius 1 is 0.453 bits per heavy atom. The quantitative estimate of drug-likeness (QED) is 0.103. The van der Waals surface area contributed by atoms with E-state index in [0.717, 1.165) is 49.5 Å². The fraction of sp³-hybridized carbons (Fsp3) is 0.0732. The minimum Gasteiger partial charge on any atom is -0.457 e. The molecule has 252 valence electrons. The van der Waals surface area contributed by atoms with E-state index in [9.17, 15) is 0 Å². The van der Waals surface area contributed by atoms with E-state index in [4.69, 9.17) is 34.6 Å². The molecule has 0 saturated carbocycles. The molecule has 8 bridgehead atoms. The molecular weight excluding hydrogens is 827 g/mol. The van der Waals surface area contributed by atoms with Gasteiger partial charge in [0.25, 0.3) is 0 Å². The number of nitrogens with zero attached hydrogens (tertiary/aromatic N) is 7. The molecule has 0 unspecified atom stereocenters. The minimum atomic E-state index is 0. The van der Waals surface area contributed by atoms with Gasteiger partial charge in [-0.3, -0.25) is 4.48 Å². The zero-order valence-corrected chi connectivity index (χ0v) is 34.4. The summed E-state index contributed by atoms with van der Waals surface area (Å²) in [6.45, 7) is 0. The Kier molecular flexibility index (Phi) is 8.64. The first-order valence-corrected chi connectivity index (χ1v) is 16.7. The number of aromatic nitrogens is 8. The van der Waals surface area contributed by atoms with Crippen molar-refractivity contribution in [3.8, 4) is 57.1 Å². The number of rotatable bonds is 3. The normalized spacial score (nSPS) is 11.8. The first-order valence-electron chi connectivity index (χ1n) is 16.7. The third kappa shape index (κ3) is 5.87. The van der Waals surface area contributed by atoms with Crippen molar-refractivity contribution < 1.29 is 24.2 Å². The average molecular weight is 858 g/mol.